The van der Waals surface area contributed by atoms with Crippen LogP contribution in [0.2, 0.25) is 0 Å². The normalized spacial score (nSPS) is 11.8. The van der Waals surface area contributed by atoms with Crippen LogP contribution in [0.25, 0.3) is 16.6 Å². The summed E-state index contributed by atoms with van der Waals surface area (Å²) < 4.78 is 29.1. The van der Waals surface area contributed by atoms with E-state index >= 15 is 4.39 Å². The maximum absolute atomic E-state index is 15.1. The van der Waals surface area contributed by atoms with Crippen LogP contribution in [0.5, 0.6) is 17.2 Å². The zero-order chi connectivity index (χ0) is 28.4. The first-order valence-electron chi connectivity index (χ1n) is 12.5. The Kier molecular flexibility index (Phi) is 7.35. The van der Waals surface area contributed by atoms with Crippen LogP contribution in [0.15, 0.2) is 83.8 Å². The summed E-state index contributed by atoms with van der Waals surface area (Å²) in [6, 6.07) is 19.7. The number of para-hydroxylation sites is 1. The Morgan fingerprint density at radius 3 is 2.55 bits per heavy atom. The number of methoxy groups -OCH3 is 1. The molecule has 1 unspecified atom stereocenters. The third-order valence-electron chi connectivity index (χ3n) is 6.38. The fourth-order valence-electron chi connectivity index (χ4n) is 4.49. The number of carbonyl (C=O) groups is 1. The van der Waals surface area contributed by atoms with Crippen molar-refractivity contribution < 1.29 is 23.8 Å². The van der Waals surface area contributed by atoms with E-state index in [-0.39, 0.29) is 23.5 Å². The Morgan fingerprint density at radius 2 is 1.85 bits per heavy atom. The van der Waals surface area contributed by atoms with Crippen LogP contribution in [-0.4, -0.2) is 38.6 Å². The van der Waals surface area contributed by atoms with E-state index in [2.05, 4.69) is 10.3 Å². The van der Waals surface area contributed by atoms with E-state index in [1.807, 2.05) is 6.07 Å². The highest BCUT2D eigenvalue weighted by Crippen LogP contribution is 2.33. The molecule has 2 heterocycles. The van der Waals surface area contributed by atoms with Crippen LogP contribution in [0.1, 0.15) is 23.0 Å². The Hall–Kier alpha value is -4.96. The number of aliphatic hydroxyl groups excluding tert-OH is 1. The van der Waals surface area contributed by atoms with Gasteiger partial charge in [-0.1, -0.05) is 18.2 Å². The number of fused-ring (bicyclic) bond motifs is 1. The number of carbonyl (C=O) groups excluding carboxylic acids is 1. The van der Waals surface area contributed by atoms with Gasteiger partial charge >= 0.3 is 0 Å². The quantitative estimate of drug-likeness (QED) is 0.284. The number of anilines is 1. The third kappa shape index (κ3) is 5.16. The zero-order valence-electron chi connectivity index (χ0n) is 22.1. The van der Waals surface area contributed by atoms with Gasteiger partial charge in [0.25, 0.3) is 11.5 Å². The van der Waals surface area contributed by atoms with Gasteiger partial charge in [-0.2, -0.15) is 0 Å². The molecule has 40 heavy (non-hydrogen) atoms. The standard InChI is InChI=1S/C30H27FN4O5/c1-18(36)17-34-19(2)28(30(38)35(34)21-7-5-4-6-8-21)29(37)33-20-9-12-27(24(31)15-20)40-26-13-14-32-25-11-10-22(39-3)16-23(25)26/h4-16,18,36H,17H2,1-3H3,(H,33,37). The summed E-state index contributed by atoms with van der Waals surface area (Å²) in [5.74, 6) is -0.476. The summed E-state index contributed by atoms with van der Waals surface area (Å²) in [5, 5.41) is 13.3. The Bertz CT molecular complexity index is 1760. The maximum atomic E-state index is 15.1. The molecule has 2 aromatic heterocycles. The number of benzene rings is 3. The lowest BCUT2D eigenvalue weighted by Crippen LogP contribution is -2.27. The van der Waals surface area contributed by atoms with Crippen molar-refractivity contribution in [2.24, 2.45) is 0 Å². The van der Waals surface area contributed by atoms with Crippen molar-refractivity contribution in [2.45, 2.75) is 26.5 Å². The molecule has 0 radical (unpaired) electrons. The number of aromatic nitrogens is 3. The van der Waals surface area contributed by atoms with Crippen molar-refractivity contribution in [1.82, 2.24) is 14.3 Å². The molecule has 5 rings (SSSR count). The average molecular weight is 543 g/mol. The Morgan fingerprint density at radius 1 is 1.07 bits per heavy atom. The number of amides is 1. The molecule has 204 valence electrons. The second-order valence-corrected chi connectivity index (χ2v) is 9.24. The summed E-state index contributed by atoms with van der Waals surface area (Å²) >= 11 is 0. The molecule has 0 fully saturated rings. The molecule has 9 nitrogen and oxygen atoms in total. The van der Waals surface area contributed by atoms with Gasteiger partial charge in [0.2, 0.25) is 0 Å². The second-order valence-electron chi connectivity index (χ2n) is 9.24. The number of halogens is 1. The summed E-state index contributed by atoms with van der Waals surface area (Å²) in [4.78, 5) is 30.9. The SMILES string of the molecule is COc1ccc2nccc(Oc3ccc(NC(=O)c4c(C)n(CC(C)O)n(-c5ccccc5)c4=O)cc3F)c2c1. The van der Waals surface area contributed by atoms with Gasteiger partial charge in [0.1, 0.15) is 17.1 Å². The smallest absolute Gasteiger partial charge is 0.284 e. The number of hydrogen-bond donors (Lipinski definition) is 2. The van der Waals surface area contributed by atoms with E-state index in [1.54, 1.807) is 80.4 Å². The van der Waals surface area contributed by atoms with Crippen molar-refractivity contribution in [3.8, 4) is 22.9 Å². The number of aliphatic hydroxyl groups is 1. The lowest BCUT2D eigenvalue weighted by molar-refractivity contribution is 0.102. The van der Waals surface area contributed by atoms with Gasteiger partial charge in [0, 0.05) is 23.3 Å². The molecule has 0 spiro atoms. The minimum absolute atomic E-state index is 0.0565. The van der Waals surface area contributed by atoms with Crippen molar-refractivity contribution in [3.05, 3.63) is 106 Å². The zero-order valence-corrected chi connectivity index (χ0v) is 22.1. The molecule has 10 heteroatoms. The molecule has 2 N–H and O–H groups in total. The number of ether oxygens (including phenoxy) is 2. The fourth-order valence-corrected chi connectivity index (χ4v) is 4.49. The summed E-state index contributed by atoms with van der Waals surface area (Å²) in [7, 11) is 1.55. The molecule has 1 amide bonds. The van der Waals surface area contributed by atoms with Gasteiger partial charge in [-0.3, -0.25) is 19.3 Å². The number of nitrogens with zero attached hydrogens (tertiary/aromatic N) is 3. The maximum Gasteiger partial charge on any atom is 0.284 e. The third-order valence-corrected chi connectivity index (χ3v) is 6.38. The molecule has 0 aliphatic rings. The van der Waals surface area contributed by atoms with Gasteiger partial charge < -0.3 is 19.9 Å². The molecule has 0 bridgehead atoms. The fraction of sp³-hybridized carbons (Fsp3) is 0.167. The second kappa shape index (κ2) is 11.0. The van der Waals surface area contributed by atoms with E-state index in [0.29, 0.717) is 33.8 Å². The van der Waals surface area contributed by atoms with Crippen molar-refractivity contribution >= 4 is 22.5 Å². The largest absolute Gasteiger partial charge is 0.497 e. The lowest BCUT2D eigenvalue weighted by Gasteiger charge is -2.15. The van der Waals surface area contributed by atoms with Gasteiger partial charge in [-0.25, -0.2) is 9.07 Å². The molecule has 0 saturated heterocycles. The Balaban J connectivity index is 1.43. The highest BCUT2D eigenvalue weighted by atomic mass is 19.1. The van der Waals surface area contributed by atoms with Crippen LogP contribution in [-0.2, 0) is 6.54 Å². The molecule has 0 aliphatic heterocycles. The van der Waals surface area contributed by atoms with Crippen molar-refractivity contribution in [3.63, 3.8) is 0 Å². The number of pyridine rings is 1. The highest BCUT2D eigenvalue weighted by Gasteiger charge is 2.24. The monoisotopic (exact) mass is 542 g/mol. The van der Waals surface area contributed by atoms with E-state index in [9.17, 15) is 14.7 Å². The minimum Gasteiger partial charge on any atom is -0.497 e. The molecule has 0 aliphatic carbocycles. The molecule has 5 aromatic rings. The lowest BCUT2D eigenvalue weighted by atomic mass is 10.2. The summed E-state index contributed by atoms with van der Waals surface area (Å²) in [6.45, 7) is 3.32. The van der Waals surface area contributed by atoms with Crippen molar-refractivity contribution in [2.75, 3.05) is 12.4 Å². The van der Waals surface area contributed by atoms with E-state index in [0.717, 1.165) is 6.07 Å². The van der Waals surface area contributed by atoms with Crippen LogP contribution in [0.3, 0.4) is 0 Å². The van der Waals surface area contributed by atoms with Gasteiger partial charge in [-0.05, 0) is 62.4 Å². The molecular formula is C30H27FN4O5. The molecule has 0 saturated carbocycles. The predicted octanol–water partition coefficient (Wildman–Crippen LogP) is 5.07. The van der Waals surface area contributed by atoms with Gasteiger partial charge in [0.05, 0.1) is 36.7 Å². The molecule has 1 atom stereocenters. The molecular weight excluding hydrogens is 515 g/mol. The topological polar surface area (TPSA) is 108 Å². The summed E-state index contributed by atoms with van der Waals surface area (Å²) in [5.41, 5.74) is 1.05. The first kappa shape index (κ1) is 26.6. The predicted molar refractivity (Wildman–Crippen MR) is 149 cm³/mol. The van der Waals surface area contributed by atoms with E-state index in [1.165, 1.54) is 16.8 Å². The van der Waals surface area contributed by atoms with E-state index in [4.69, 9.17) is 9.47 Å². The van der Waals surface area contributed by atoms with Gasteiger partial charge in [0.15, 0.2) is 11.6 Å². The van der Waals surface area contributed by atoms with E-state index < -0.39 is 23.4 Å². The number of nitrogens with one attached hydrogen (secondary N) is 1. The molecule has 3 aromatic carbocycles. The number of hydrogen-bond acceptors (Lipinski definition) is 6. The summed E-state index contributed by atoms with van der Waals surface area (Å²) in [6.07, 6.45) is 0.793. The minimum atomic E-state index is -0.767. The van der Waals surface area contributed by atoms with Crippen LogP contribution < -0.4 is 20.3 Å². The van der Waals surface area contributed by atoms with Gasteiger partial charge in [-0.15, -0.1) is 0 Å². The highest BCUT2D eigenvalue weighted by molar-refractivity contribution is 6.05. The first-order chi connectivity index (χ1) is 19.3. The van der Waals surface area contributed by atoms with Crippen LogP contribution in [0, 0.1) is 12.7 Å². The first-order valence-corrected chi connectivity index (χ1v) is 12.5. The Labute approximate surface area is 229 Å². The average Bonchev–Trinajstić information content (AvgIpc) is 3.18. The van der Waals surface area contributed by atoms with Crippen LogP contribution >= 0.6 is 0 Å². The van der Waals surface area contributed by atoms with Crippen LogP contribution in [0.4, 0.5) is 10.1 Å². The number of rotatable bonds is 8. The van der Waals surface area contributed by atoms with Crippen molar-refractivity contribution in [1.29, 1.82) is 0 Å².